The number of hydrogen-bond acceptors (Lipinski definition) is 8. The summed E-state index contributed by atoms with van der Waals surface area (Å²) >= 11 is 0. The number of hydrogen-bond donors (Lipinski definition) is 0. The van der Waals surface area contributed by atoms with Crippen LogP contribution in [0.3, 0.4) is 0 Å². The van der Waals surface area contributed by atoms with Gasteiger partial charge in [-0.15, -0.1) is 26.3 Å². The summed E-state index contributed by atoms with van der Waals surface area (Å²) in [6.45, 7) is 13.4. The molecule has 0 aliphatic carbocycles. The van der Waals surface area contributed by atoms with E-state index in [1.807, 2.05) is 0 Å². The first-order valence-corrected chi connectivity index (χ1v) is 7.13. The van der Waals surface area contributed by atoms with E-state index in [4.69, 9.17) is 18.9 Å². The predicted molar refractivity (Wildman–Crippen MR) is 86.4 cm³/mol. The van der Waals surface area contributed by atoms with E-state index in [0.29, 0.717) is 0 Å². The van der Waals surface area contributed by atoms with Crippen LogP contribution in [-0.2, 0) is 38.1 Å². The lowest BCUT2D eigenvalue weighted by Crippen LogP contribution is -2.48. The second-order valence-corrected chi connectivity index (χ2v) is 4.37. The summed E-state index contributed by atoms with van der Waals surface area (Å²) in [5.74, 6) is -4.06. The smallest absolute Gasteiger partial charge is 0.352 e. The van der Waals surface area contributed by atoms with E-state index in [-0.39, 0.29) is 25.7 Å². The highest BCUT2D eigenvalue weighted by Gasteiger charge is 2.49. The lowest BCUT2D eigenvalue weighted by molar-refractivity contribution is -0.431. The van der Waals surface area contributed by atoms with Crippen LogP contribution in [0.4, 0.5) is 0 Å². The standard InChI is InChI=1S/C17H20O8/c1-5-9-13(18)22-17(23-14(19)10-6-2,24-15(20)11-7-3)25-16(21)12-8-4/h5-8H,1-4,9-12H2. The number of rotatable bonds is 12. The molecule has 0 aromatic rings. The van der Waals surface area contributed by atoms with Gasteiger partial charge in [-0.25, -0.2) is 0 Å². The van der Waals surface area contributed by atoms with E-state index in [2.05, 4.69) is 26.3 Å². The number of ether oxygens (including phenoxy) is 4. The van der Waals surface area contributed by atoms with Gasteiger partial charge in [-0.3, -0.25) is 19.2 Å². The van der Waals surface area contributed by atoms with Gasteiger partial charge in [-0.1, -0.05) is 24.3 Å². The SMILES string of the molecule is C=CCC(=O)OC(OC(=O)CC=C)(OC(=O)CC=C)OC(=O)CC=C. The van der Waals surface area contributed by atoms with Crippen molar-refractivity contribution in [1.29, 1.82) is 0 Å². The Morgan fingerprint density at radius 3 is 0.920 bits per heavy atom. The number of carbonyl (C=O) groups excluding carboxylic acids is 4. The molecule has 0 rings (SSSR count). The summed E-state index contributed by atoms with van der Waals surface area (Å²) in [6, 6.07) is 0. The molecule has 8 nitrogen and oxygen atoms in total. The quantitative estimate of drug-likeness (QED) is 0.299. The van der Waals surface area contributed by atoms with Crippen molar-refractivity contribution in [2.24, 2.45) is 0 Å². The Kier molecular flexibility index (Phi) is 9.95. The van der Waals surface area contributed by atoms with Crippen molar-refractivity contribution in [1.82, 2.24) is 0 Å². The van der Waals surface area contributed by atoms with Gasteiger partial charge in [-0.05, 0) is 0 Å². The Bertz CT molecular complexity index is 459. The highest BCUT2D eigenvalue weighted by atomic mass is 17.0. The zero-order valence-electron chi connectivity index (χ0n) is 13.7. The van der Waals surface area contributed by atoms with Gasteiger partial charge in [0.2, 0.25) is 0 Å². The summed E-state index contributed by atoms with van der Waals surface area (Å²) in [6.07, 6.45) is 0.479. The molecular weight excluding hydrogens is 332 g/mol. The van der Waals surface area contributed by atoms with E-state index in [1.165, 1.54) is 24.3 Å². The predicted octanol–water partition coefficient (Wildman–Crippen LogP) is 2.07. The third-order valence-electron chi connectivity index (χ3n) is 2.20. The van der Waals surface area contributed by atoms with Gasteiger partial charge in [0.05, 0.1) is 25.7 Å². The van der Waals surface area contributed by atoms with Crippen LogP contribution >= 0.6 is 0 Å². The van der Waals surface area contributed by atoms with Crippen molar-refractivity contribution in [3.8, 4) is 0 Å². The minimum atomic E-state index is -3.00. The van der Waals surface area contributed by atoms with E-state index >= 15 is 0 Å². The monoisotopic (exact) mass is 352 g/mol. The lowest BCUT2D eigenvalue weighted by Gasteiger charge is -2.28. The number of esters is 4. The normalized spacial score (nSPS) is 9.92. The Labute approximate surface area is 145 Å². The average molecular weight is 352 g/mol. The molecular formula is C17H20O8. The van der Waals surface area contributed by atoms with Gasteiger partial charge in [0.1, 0.15) is 0 Å². The van der Waals surface area contributed by atoms with Gasteiger partial charge < -0.3 is 18.9 Å². The van der Waals surface area contributed by atoms with Gasteiger partial charge in [0.25, 0.3) is 0 Å². The third kappa shape index (κ3) is 8.89. The Hall–Kier alpha value is -3.16. The molecule has 0 bridgehead atoms. The molecule has 0 spiro atoms. The molecule has 0 amide bonds. The van der Waals surface area contributed by atoms with Crippen molar-refractivity contribution in [2.45, 2.75) is 31.8 Å². The lowest BCUT2D eigenvalue weighted by atomic mass is 10.4. The summed E-state index contributed by atoms with van der Waals surface area (Å²) in [7, 11) is 0. The van der Waals surface area contributed by atoms with Gasteiger partial charge in [-0.2, -0.15) is 0 Å². The molecule has 136 valence electrons. The molecule has 0 fully saturated rings. The van der Waals surface area contributed by atoms with Gasteiger partial charge in [0.15, 0.2) is 0 Å². The van der Waals surface area contributed by atoms with Crippen LogP contribution in [0.25, 0.3) is 0 Å². The minimum Gasteiger partial charge on any atom is -0.352 e. The summed E-state index contributed by atoms with van der Waals surface area (Å²) in [5, 5.41) is 0. The Morgan fingerprint density at radius 2 is 0.760 bits per heavy atom. The maximum atomic E-state index is 11.7. The fourth-order valence-corrected chi connectivity index (χ4v) is 1.32. The van der Waals surface area contributed by atoms with Crippen molar-refractivity contribution < 1.29 is 38.1 Å². The highest BCUT2D eigenvalue weighted by molar-refractivity contribution is 5.77. The van der Waals surface area contributed by atoms with E-state index < -0.39 is 30.0 Å². The average Bonchev–Trinajstić information content (AvgIpc) is 2.47. The van der Waals surface area contributed by atoms with Crippen molar-refractivity contribution in [2.75, 3.05) is 0 Å². The molecule has 0 aromatic carbocycles. The highest BCUT2D eigenvalue weighted by Crippen LogP contribution is 2.22. The maximum Gasteiger partial charge on any atom is 0.619 e. The van der Waals surface area contributed by atoms with Crippen molar-refractivity contribution >= 4 is 23.9 Å². The summed E-state index contributed by atoms with van der Waals surface area (Å²) < 4.78 is 19.1. The Morgan fingerprint density at radius 1 is 0.560 bits per heavy atom. The molecule has 8 heteroatoms. The van der Waals surface area contributed by atoms with Crippen LogP contribution in [-0.4, -0.2) is 30.0 Å². The number of carbonyl (C=O) groups is 4. The van der Waals surface area contributed by atoms with Gasteiger partial charge in [0, 0.05) is 0 Å². The maximum absolute atomic E-state index is 11.7. The summed E-state index contributed by atoms with van der Waals surface area (Å²) in [5.41, 5.74) is 0. The van der Waals surface area contributed by atoms with Crippen LogP contribution in [0.5, 0.6) is 0 Å². The molecule has 0 aliphatic rings. The fourth-order valence-electron chi connectivity index (χ4n) is 1.32. The zero-order chi connectivity index (χ0) is 19.3. The fraction of sp³-hybridized carbons (Fsp3) is 0.294. The van der Waals surface area contributed by atoms with E-state index in [9.17, 15) is 19.2 Å². The van der Waals surface area contributed by atoms with Crippen molar-refractivity contribution in [3.05, 3.63) is 50.6 Å². The molecule has 0 N–H and O–H groups in total. The molecule has 25 heavy (non-hydrogen) atoms. The molecule has 0 unspecified atom stereocenters. The second kappa shape index (κ2) is 11.4. The molecule has 0 atom stereocenters. The van der Waals surface area contributed by atoms with Gasteiger partial charge >= 0.3 is 30.0 Å². The van der Waals surface area contributed by atoms with E-state index in [0.717, 1.165) is 0 Å². The molecule has 0 saturated carbocycles. The first kappa shape index (κ1) is 21.8. The van der Waals surface area contributed by atoms with E-state index in [1.54, 1.807) is 0 Å². The first-order valence-electron chi connectivity index (χ1n) is 7.13. The molecule has 0 aliphatic heterocycles. The molecule has 0 heterocycles. The second-order valence-electron chi connectivity index (χ2n) is 4.37. The largest absolute Gasteiger partial charge is 0.619 e. The minimum absolute atomic E-state index is 0.321. The van der Waals surface area contributed by atoms with Crippen LogP contribution in [0.1, 0.15) is 25.7 Å². The Balaban J connectivity index is 5.69. The van der Waals surface area contributed by atoms with Crippen LogP contribution in [0.2, 0.25) is 0 Å². The van der Waals surface area contributed by atoms with Crippen LogP contribution in [0.15, 0.2) is 50.6 Å². The summed E-state index contributed by atoms with van der Waals surface area (Å²) in [4.78, 5) is 47.0. The zero-order valence-corrected chi connectivity index (χ0v) is 13.7. The van der Waals surface area contributed by atoms with Crippen LogP contribution < -0.4 is 0 Å². The first-order chi connectivity index (χ1) is 11.8. The van der Waals surface area contributed by atoms with Crippen molar-refractivity contribution in [3.63, 3.8) is 0 Å². The topological polar surface area (TPSA) is 105 Å². The molecule has 0 saturated heterocycles. The molecule has 0 aromatic heterocycles. The molecule has 0 radical (unpaired) electrons. The van der Waals surface area contributed by atoms with Crippen LogP contribution in [0, 0.1) is 0 Å². The third-order valence-corrected chi connectivity index (χ3v) is 2.20.